The van der Waals surface area contributed by atoms with Crippen molar-refractivity contribution in [3.8, 4) is 17.5 Å². The lowest BCUT2D eigenvalue weighted by Crippen LogP contribution is -2.22. The number of benzene rings is 1. The molecule has 0 N–H and O–H groups in total. The molecule has 0 aliphatic heterocycles. The second-order valence-electron chi connectivity index (χ2n) is 5.88. The molecule has 0 radical (unpaired) electrons. The molecule has 0 saturated heterocycles. The number of fused-ring (bicyclic) bond motifs is 1. The fraction of sp³-hybridized carbons (Fsp3) is 0.400. The summed E-state index contributed by atoms with van der Waals surface area (Å²) in [5.74, 6) is -0.369. The van der Waals surface area contributed by atoms with Crippen molar-refractivity contribution >= 4 is 0 Å². The first kappa shape index (κ1) is 12.5. The highest BCUT2D eigenvalue weighted by molar-refractivity contribution is 5.56. The Kier molecular flexibility index (Phi) is 2.43. The molecule has 21 heavy (non-hydrogen) atoms. The first-order chi connectivity index (χ1) is 10.1. The van der Waals surface area contributed by atoms with Gasteiger partial charge in [-0.3, -0.25) is 0 Å². The van der Waals surface area contributed by atoms with Crippen molar-refractivity contribution in [3.63, 3.8) is 0 Å². The summed E-state index contributed by atoms with van der Waals surface area (Å²) < 4.78 is 32.6. The first-order valence-electron chi connectivity index (χ1n) is 6.83. The van der Waals surface area contributed by atoms with Gasteiger partial charge in [0.25, 0.3) is 0 Å². The zero-order valence-corrected chi connectivity index (χ0v) is 11.0. The van der Waals surface area contributed by atoms with Gasteiger partial charge in [0.2, 0.25) is 11.7 Å². The normalized spacial score (nSPS) is 30.0. The van der Waals surface area contributed by atoms with Crippen LogP contribution < -0.4 is 0 Å². The van der Waals surface area contributed by atoms with E-state index in [1.165, 1.54) is 6.07 Å². The zero-order valence-electron chi connectivity index (χ0n) is 11.0. The molecule has 2 fully saturated rings. The predicted molar refractivity (Wildman–Crippen MR) is 67.8 cm³/mol. The van der Waals surface area contributed by atoms with Gasteiger partial charge in [-0.05, 0) is 43.2 Å². The molecule has 0 amide bonds. The summed E-state index contributed by atoms with van der Waals surface area (Å²) in [4.78, 5) is 4.10. The molecule has 1 aromatic heterocycles. The molecular weight excluding hydrogens is 276 g/mol. The molecular formula is C15H11F2N3O. The van der Waals surface area contributed by atoms with Crippen LogP contribution in [-0.2, 0) is 5.41 Å². The van der Waals surface area contributed by atoms with Gasteiger partial charge in [-0.2, -0.15) is 10.2 Å². The summed E-state index contributed by atoms with van der Waals surface area (Å²) in [6.45, 7) is 0. The molecule has 106 valence electrons. The van der Waals surface area contributed by atoms with E-state index in [2.05, 4.69) is 16.2 Å². The Balaban J connectivity index is 1.75. The fourth-order valence-corrected chi connectivity index (χ4v) is 3.33. The minimum Gasteiger partial charge on any atom is -0.337 e. The fourth-order valence-electron chi connectivity index (χ4n) is 3.33. The van der Waals surface area contributed by atoms with Crippen molar-refractivity contribution in [1.29, 1.82) is 5.26 Å². The van der Waals surface area contributed by atoms with Crippen molar-refractivity contribution in [2.24, 2.45) is 11.8 Å². The number of hydrogen-bond donors (Lipinski definition) is 0. The van der Waals surface area contributed by atoms with Gasteiger partial charge in [-0.15, -0.1) is 0 Å². The Morgan fingerprint density at radius 1 is 1.24 bits per heavy atom. The van der Waals surface area contributed by atoms with Crippen molar-refractivity contribution in [2.75, 3.05) is 0 Å². The third-order valence-corrected chi connectivity index (χ3v) is 4.53. The maximum Gasteiger partial charge on any atom is 0.247 e. The Morgan fingerprint density at radius 2 is 1.90 bits per heavy atom. The van der Waals surface area contributed by atoms with Crippen LogP contribution in [0.25, 0.3) is 11.4 Å². The SMILES string of the molecule is N#CC1(c2nc(-c3c(F)cccc3F)no2)CC2CC2C1. The topological polar surface area (TPSA) is 62.7 Å². The van der Waals surface area contributed by atoms with Crippen molar-refractivity contribution < 1.29 is 13.3 Å². The minimum absolute atomic E-state index is 0.143. The van der Waals surface area contributed by atoms with Crippen LogP contribution >= 0.6 is 0 Å². The quantitative estimate of drug-likeness (QED) is 0.850. The van der Waals surface area contributed by atoms with Crippen LogP contribution in [0.1, 0.15) is 25.2 Å². The van der Waals surface area contributed by atoms with Crippen LogP contribution in [0.3, 0.4) is 0 Å². The smallest absolute Gasteiger partial charge is 0.247 e. The minimum atomic E-state index is -0.791. The Morgan fingerprint density at radius 3 is 2.52 bits per heavy atom. The van der Waals surface area contributed by atoms with Crippen LogP contribution in [0, 0.1) is 34.8 Å². The van der Waals surface area contributed by atoms with Crippen molar-refractivity contribution in [3.05, 3.63) is 35.7 Å². The van der Waals surface area contributed by atoms with Crippen LogP contribution in [0.5, 0.6) is 0 Å². The molecule has 6 heteroatoms. The molecule has 0 bridgehead atoms. The summed E-state index contributed by atoms with van der Waals surface area (Å²) in [5.41, 5.74) is -1.11. The molecule has 2 aliphatic carbocycles. The molecule has 4 nitrogen and oxygen atoms in total. The van der Waals surface area contributed by atoms with Gasteiger partial charge in [0.1, 0.15) is 17.0 Å². The van der Waals surface area contributed by atoms with E-state index in [9.17, 15) is 14.0 Å². The van der Waals surface area contributed by atoms with Crippen LogP contribution in [0.4, 0.5) is 8.78 Å². The number of nitriles is 1. The van der Waals surface area contributed by atoms with Crippen LogP contribution in [0.15, 0.2) is 22.7 Å². The predicted octanol–water partition coefficient (Wildman–Crippen LogP) is 3.21. The maximum atomic E-state index is 13.7. The molecule has 1 aromatic carbocycles. The molecule has 0 spiro atoms. The van der Waals surface area contributed by atoms with Gasteiger partial charge in [-0.1, -0.05) is 11.2 Å². The van der Waals surface area contributed by atoms with Gasteiger partial charge < -0.3 is 4.52 Å². The summed E-state index contributed by atoms with van der Waals surface area (Å²) >= 11 is 0. The van der Waals surface area contributed by atoms with E-state index < -0.39 is 17.0 Å². The lowest BCUT2D eigenvalue weighted by atomic mass is 9.84. The lowest BCUT2D eigenvalue weighted by Gasteiger charge is -2.16. The molecule has 4 rings (SSSR count). The molecule has 2 unspecified atom stereocenters. The Bertz CT molecular complexity index is 734. The van der Waals surface area contributed by atoms with Crippen molar-refractivity contribution in [2.45, 2.75) is 24.7 Å². The number of nitrogens with zero attached hydrogens (tertiary/aromatic N) is 3. The van der Waals surface area contributed by atoms with Crippen molar-refractivity contribution in [1.82, 2.24) is 10.1 Å². The zero-order chi connectivity index (χ0) is 14.6. The van der Waals surface area contributed by atoms with E-state index in [0.717, 1.165) is 18.6 Å². The maximum absolute atomic E-state index is 13.7. The molecule has 2 atom stereocenters. The molecule has 2 aromatic rings. The van der Waals surface area contributed by atoms with E-state index in [-0.39, 0.29) is 17.3 Å². The second-order valence-corrected chi connectivity index (χ2v) is 5.88. The molecule has 2 saturated carbocycles. The van der Waals surface area contributed by atoms with Gasteiger partial charge in [-0.25, -0.2) is 8.78 Å². The number of halogens is 2. The average Bonchev–Trinajstić information content (AvgIpc) is 2.91. The summed E-state index contributed by atoms with van der Waals surface area (Å²) in [5, 5.41) is 13.1. The molecule has 1 heterocycles. The first-order valence-corrected chi connectivity index (χ1v) is 6.83. The summed E-state index contributed by atoms with van der Waals surface area (Å²) in [7, 11) is 0. The average molecular weight is 287 g/mol. The Hall–Kier alpha value is -2.29. The van der Waals surface area contributed by atoms with Crippen LogP contribution in [0.2, 0.25) is 0 Å². The van der Waals surface area contributed by atoms with Gasteiger partial charge >= 0.3 is 0 Å². The standard InChI is InChI=1S/C15H11F2N3O/c16-10-2-1-3-11(17)12(10)13-19-14(21-20-13)15(7-18)5-8-4-9(8)6-15/h1-3,8-9H,4-6H2. The van der Waals surface area contributed by atoms with Gasteiger partial charge in [0.15, 0.2) is 0 Å². The van der Waals surface area contributed by atoms with Gasteiger partial charge in [0, 0.05) is 0 Å². The number of aromatic nitrogens is 2. The lowest BCUT2D eigenvalue weighted by molar-refractivity contribution is 0.308. The second kappa shape index (κ2) is 4.10. The van der Waals surface area contributed by atoms with E-state index in [1.807, 2.05) is 0 Å². The van der Waals surface area contributed by atoms with Gasteiger partial charge in [0.05, 0.1) is 11.6 Å². The van der Waals surface area contributed by atoms with Crippen LogP contribution in [-0.4, -0.2) is 10.1 Å². The highest BCUT2D eigenvalue weighted by Gasteiger charge is 2.57. The van der Waals surface area contributed by atoms with E-state index in [4.69, 9.17) is 4.52 Å². The monoisotopic (exact) mass is 287 g/mol. The molecule has 2 aliphatic rings. The number of hydrogen-bond acceptors (Lipinski definition) is 4. The Labute approximate surface area is 119 Å². The number of rotatable bonds is 2. The van der Waals surface area contributed by atoms with E-state index >= 15 is 0 Å². The van der Waals surface area contributed by atoms with E-state index in [1.54, 1.807) is 0 Å². The third-order valence-electron chi connectivity index (χ3n) is 4.53. The third kappa shape index (κ3) is 1.77. The summed E-state index contributed by atoms with van der Waals surface area (Å²) in [6, 6.07) is 5.82. The van der Waals surface area contributed by atoms with E-state index in [0.29, 0.717) is 24.7 Å². The largest absolute Gasteiger partial charge is 0.337 e. The highest BCUT2D eigenvalue weighted by Crippen LogP contribution is 2.60. The summed E-state index contributed by atoms with van der Waals surface area (Å²) in [6.07, 6.45) is 2.53. The highest BCUT2D eigenvalue weighted by atomic mass is 19.1.